The number of rotatable bonds is 3. The molecule has 0 saturated heterocycles. The average molecular weight is 409 g/mol. The summed E-state index contributed by atoms with van der Waals surface area (Å²) < 4.78 is 0. The van der Waals surface area contributed by atoms with E-state index in [9.17, 15) is 4.79 Å². The van der Waals surface area contributed by atoms with Crippen LogP contribution in [0.15, 0.2) is 79.0 Å². The zero-order valence-corrected chi connectivity index (χ0v) is 18.2. The molecule has 5 rings (SSSR count). The molecule has 0 aromatic heterocycles. The number of benzene rings is 3. The van der Waals surface area contributed by atoms with E-state index in [0.29, 0.717) is 11.6 Å². The van der Waals surface area contributed by atoms with E-state index in [4.69, 9.17) is 0 Å². The van der Waals surface area contributed by atoms with E-state index in [2.05, 4.69) is 61.2 Å². The third-order valence-electron chi connectivity index (χ3n) is 6.44. The summed E-state index contributed by atoms with van der Waals surface area (Å²) in [6.45, 7) is 5.62. The molecule has 3 nitrogen and oxygen atoms in total. The lowest BCUT2D eigenvalue weighted by atomic mass is 9.88. The van der Waals surface area contributed by atoms with Gasteiger partial charge in [0, 0.05) is 30.0 Å². The lowest BCUT2D eigenvalue weighted by Gasteiger charge is -2.37. The fourth-order valence-corrected chi connectivity index (χ4v) is 4.92. The first-order valence-electron chi connectivity index (χ1n) is 11.2. The third-order valence-corrected chi connectivity index (χ3v) is 6.44. The maximum atomic E-state index is 13.5. The molecule has 0 unspecified atom stereocenters. The van der Waals surface area contributed by atoms with E-state index in [1.54, 1.807) is 0 Å². The van der Waals surface area contributed by atoms with Gasteiger partial charge in [-0.1, -0.05) is 54.6 Å². The fourth-order valence-electron chi connectivity index (χ4n) is 4.92. The molecule has 3 aromatic carbocycles. The summed E-state index contributed by atoms with van der Waals surface area (Å²) in [5, 5.41) is 0. The van der Waals surface area contributed by atoms with Crippen LogP contribution >= 0.6 is 0 Å². The van der Waals surface area contributed by atoms with Crippen LogP contribution in [0.1, 0.15) is 58.9 Å². The predicted octanol–water partition coefficient (Wildman–Crippen LogP) is 6.06. The van der Waals surface area contributed by atoms with Crippen molar-refractivity contribution in [3.8, 4) is 0 Å². The topological polar surface area (TPSA) is 23.6 Å². The largest absolute Gasteiger partial charge is 0.369 e. The fraction of sp³-hybridized carbons (Fsp3) is 0.250. The van der Waals surface area contributed by atoms with Crippen LogP contribution in [0.3, 0.4) is 0 Å². The van der Waals surface area contributed by atoms with Crippen molar-refractivity contribution in [2.45, 2.75) is 38.8 Å². The van der Waals surface area contributed by atoms with Gasteiger partial charge in [0.15, 0.2) is 0 Å². The minimum absolute atomic E-state index is 0.0258. The predicted molar refractivity (Wildman–Crippen MR) is 127 cm³/mol. The van der Waals surface area contributed by atoms with Crippen molar-refractivity contribution in [1.82, 2.24) is 4.90 Å². The molecule has 3 heteroatoms. The average Bonchev–Trinajstić information content (AvgIpc) is 2.82. The van der Waals surface area contributed by atoms with Crippen LogP contribution in [0.5, 0.6) is 0 Å². The summed E-state index contributed by atoms with van der Waals surface area (Å²) in [6.07, 6.45) is 6.25. The first-order valence-corrected chi connectivity index (χ1v) is 11.2. The highest BCUT2D eigenvalue weighted by Crippen LogP contribution is 2.39. The minimum atomic E-state index is -0.131. The molecule has 0 radical (unpaired) electrons. The Kier molecular flexibility index (Phi) is 5.11. The van der Waals surface area contributed by atoms with Gasteiger partial charge in [0.05, 0.1) is 6.04 Å². The summed E-state index contributed by atoms with van der Waals surface area (Å²) in [7, 11) is 0. The van der Waals surface area contributed by atoms with Gasteiger partial charge >= 0.3 is 0 Å². The van der Waals surface area contributed by atoms with Gasteiger partial charge in [0.25, 0.3) is 5.91 Å². The number of fused-ring (bicyclic) bond motifs is 2. The Morgan fingerprint density at radius 2 is 1.74 bits per heavy atom. The smallest absolute Gasteiger partial charge is 0.258 e. The number of hydrogen-bond donors (Lipinski definition) is 0. The Morgan fingerprint density at radius 3 is 2.55 bits per heavy atom. The van der Waals surface area contributed by atoms with Crippen molar-refractivity contribution in [3.05, 3.63) is 107 Å². The van der Waals surface area contributed by atoms with E-state index in [0.717, 1.165) is 13.0 Å². The molecule has 0 saturated carbocycles. The molecule has 0 aliphatic carbocycles. The molecule has 156 valence electrons. The molecule has 2 heterocycles. The second-order valence-electron chi connectivity index (χ2n) is 8.70. The normalized spacial score (nSPS) is 17.5. The SMILES string of the molecule is CC(C)N1CCCc2cc([C@@H]3c4ccccc4C=CN3C(=O)c3ccccc3)ccc21. The summed E-state index contributed by atoms with van der Waals surface area (Å²) in [6, 6.07) is 25.1. The van der Waals surface area contributed by atoms with E-state index >= 15 is 0 Å². The second-order valence-corrected chi connectivity index (χ2v) is 8.70. The lowest BCUT2D eigenvalue weighted by Crippen LogP contribution is -2.36. The van der Waals surface area contributed by atoms with Crippen LogP contribution in [0.2, 0.25) is 0 Å². The van der Waals surface area contributed by atoms with Gasteiger partial charge in [-0.15, -0.1) is 0 Å². The zero-order valence-electron chi connectivity index (χ0n) is 18.2. The number of carbonyl (C=O) groups excluding carboxylic acids is 1. The van der Waals surface area contributed by atoms with Crippen molar-refractivity contribution in [2.75, 3.05) is 11.4 Å². The molecular formula is C28H28N2O. The number of aryl methyl sites for hydroxylation is 1. The summed E-state index contributed by atoms with van der Waals surface area (Å²) in [4.78, 5) is 17.9. The van der Waals surface area contributed by atoms with Crippen LogP contribution in [0.25, 0.3) is 6.08 Å². The van der Waals surface area contributed by atoms with Gasteiger partial charge in [0.2, 0.25) is 0 Å². The van der Waals surface area contributed by atoms with Gasteiger partial charge in [-0.2, -0.15) is 0 Å². The lowest BCUT2D eigenvalue weighted by molar-refractivity contribution is 0.0787. The van der Waals surface area contributed by atoms with Crippen molar-refractivity contribution < 1.29 is 4.79 Å². The maximum absolute atomic E-state index is 13.5. The molecule has 1 amide bonds. The first-order chi connectivity index (χ1) is 15.1. The number of hydrogen-bond acceptors (Lipinski definition) is 2. The highest BCUT2D eigenvalue weighted by atomic mass is 16.2. The van der Waals surface area contributed by atoms with Crippen LogP contribution < -0.4 is 4.90 Å². The number of nitrogens with zero attached hydrogens (tertiary/aromatic N) is 2. The molecule has 31 heavy (non-hydrogen) atoms. The molecule has 0 bridgehead atoms. The highest BCUT2D eigenvalue weighted by molar-refractivity contribution is 5.96. The Labute approximate surface area is 184 Å². The molecule has 3 aromatic rings. The molecular weight excluding hydrogens is 380 g/mol. The monoisotopic (exact) mass is 408 g/mol. The Bertz CT molecular complexity index is 1130. The molecule has 2 aliphatic heterocycles. The van der Waals surface area contributed by atoms with Crippen LogP contribution in [0, 0.1) is 0 Å². The second kappa shape index (κ2) is 8.07. The van der Waals surface area contributed by atoms with Crippen molar-refractivity contribution in [3.63, 3.8) is 0 Å². The van der Waals surface area contributed by atoms with Gasteiger partial charge in [-0.3, -0.25) is 4.79 Å². The van der Waals surface area contributed by atoms with Crippen molar-refractivity contribution in [1.29, 1.82) is 0 Å². The van der Waals surface area contributed by atoms with Gasteiger partial charge in [-0.05, 0) is 73.2 Å². The van der Waals surface area contributed by atoms with Gasteiger partial charge < -0.3 is 9.80 Å². The zero-order chi connectivity index (χ0) is 21.4. The Morgan fingerprint density at radius 1 is 0.968 bits per heavy atom. The molecule has 1 atom stereocenters. The van der Waals surface area contributed by atoms with Crippen molar-refractivity contribution >= 4 is 17.7 Å². The molecule has 2 aliphatic rings. The van der Waals surface area contributed by atoms with E-state index in [-0.39, 0.29) is 11.9 Å². The first kappa shape index (κ1) is 19.6. The minimum Gasteiger partial charge on any atom is -0.369 e. The van der Waals surface area contributed by atoms with Crippen LogP contribution in [-0.4, -0.2) is 23.4 Å². The number of anilines is 1. The molecule has 0 spiro atoms. The molecule has 0 N–H and O–H groups in total. The third kappa shape index (κ3) is 3.54. The van der Waals surface area contributed by atoms with Crippen LogP contribution in [-0.2, 0) is 6.42 Å². The number of carbonyl (C=O) groups is 1. The van der Waals surface area contributed by atoms with E-state index in [1.165, 1.54) is 34.4 Å². The van der Waals surface area contributed by atoms with E-state index in [1.807, 2.05) is 47.5 Å². The van der Waals surface area contributed by atoms with Gasteiger partial charge in [0.1, 0.15) is 0 Å². The standard InChI is InChI=1S/C28H28N2O/c1-20(2)29-17-8-12-23-19-24(14-15-26(23)29)27-25-13-7-6-9-21(25)16-18-30(27)28(31)22-10-4-3-5-11-22/h3-7,9-11,13-16,18-20,27H,8,12,17H2,1-2H3/t27-/m1/s1. The Balaban J connectivity index is 1.60. The van der Waals surface area contributed by atoms with E-state index < -0.39 is 0 Å². The summed E-state index contributed by atoms with van der Waals surface area (Å²) in [5.74, 6) is 0.0258. The quantitative estimate of drug-likeness (QED) is 0.526. The summed E-state index contributed by atoms with van der Waals surface area (Å²) in [5.41, 5.74) is 6.95. The van der Waals surface area contributed by atoms with Crippen molar-refractivity contribution in [2.24, 2.45) is 0 Å². The van der Waals surface area contributed by atoms with Crippen LogP contribution in [0.4, 0.5) is 5.69 Å². The number of amides is 1. The molecule has 0 fully saturated rings. The Hall–Kier alpha value is -3.33. The van der Waals surface area contributed by atoms with Gasteiger partial charge in [-0.25, -0.2) is 0 Å². The summed E-state index contributed by atoms with van der Waals surface area (Å²) >= 11 is 0. The maximum Gasteiger partial charge on any atom is 0.258 e. The highest BCUT2D eigenvalue weighted by Gasteiger charge is 2.31.